The summed E-state index contributed by atoms with van der Waals surface area (Å²) in [7, 11) is 3.42. The van der Waals surface area contributed by atoms with Gasteiger partial charge in [0.05, 0.1) is 19.1 Å². The zero-order valence-electron chi connectivity index (χ0n) is 12.8. The van der Waals surface area contributed by atoms with Gasteiger partial charge in [0.1, 0.15) is 11.5 Å². The summed E-state index contributed by atoms with van der Waals surface area (Å²) in [5.74, 6) is 2.90. The lowest BCUT2D eigenvalue weighted by Crippen LogP contribution is -2.21. The molecule has 0 bridgehead atoms. The van der Waals surface area contributed by atoms with Crippen molar-refractivity contribution >= 4 is 24.2 Å². The Labute approximate surface area is 133 Å². The molecule has 0 aliphatic carbocycles. The van der Waals surface area contributed by atoms with E-state index in [-0.39, 0.29) is 18.4 Å². The van der Waals surface area contributed by atoms with E-state index in [9.17, 15) is 0 Å². The monoisotopic (exact) mass is 319 g/mol. The predicted octanol–water partition coefficient (Wildman–Crippen LogP) is 3.91. The van der Waals surface area contributed by atoms with Crippen LogP contribution in [0.2, 0.25) is 0 Å². The van der Waals surface area contributed by atoms with Crippen molar-refractivity contribution in [2.24, 2.45) is 5.73 Å². The smallest absolute Gasteiger partial charge is 0.132 e. The van der Waals surface area contributed by atoms with Crippen LogP contribution in [0.4, 0.5) is 0 Å². The quantitative estimate of drug-likeness (QED) is 0.738. The maximum absolute atomic E-state index is 6.04. The van der Waals surface area contributed by atoms with Crippen molar-refractivity contribution in [1.29, 1.82) is 0 Å². The van der Waals surface area contributed by atoms with E-state index in [1.165, 1.54) is 0 Å². The first-order valence-corrected chi connectivity index (χ1v) is 7.78. The van der Waals surface area contributed by atoms with Crippen LogP contribution >= 0.6 is 24.2 Å². The van der Waals surface area contributed by atoms with Crippen molar-refractivity contribution in [3.8, 4) is 11.5 Å². The van der Waals surface area contributed by atoms with Gasteiger partial charge in [0, 0.05) is 6.04 Å². The zero-order valence-corrected chi connectivity index (χ0v) is 14.4. The molecule has 0 radical (unpaired) electrons. The second-order valence-electron chi connectivity index (χ2n) is 4.54. The van der Waals surface area contributed by atoms with E-state index in [1.807, 2.05) is 0 Å². The number of nitrogens with two attached hydrogens (primary N) is 1. The van der Waals surface area contributed by atoms with Gasteiger partial charge in [-0.3, -0.25) is 0 Å². The first-order chi connectivity index (χ1) is 9.15. The van der Waals surface area contributed by atoms with Gasteiger partial charge in [-0.15, -0.1) is 24.2 Å². The van der Waals surface area contributed by atoms with Gasteiger partial charge in [0.2, 0.25) is 0 Å². The van der Waals surface area contributed by atoms with E-state index in [2.05, 4.69) is 26.0 Å². The molecule has 0 aromatic heterocycles. The molecular weight excluding hydrogens is 294 g/mol. The lowest BCUT2D eigenvalue weighted by atomic mass is 10.0. The molecule has 0 aliphatic rings. The fraction of sp³-hybridized carbons (Fsp3) is 0.600. The Kier molecular flexibility index (Phi) is 9.90. The summed E-state index contributed by atoms with van der Waals surface area (Å²) >= 11 is 1.80. The van der Waals surface area contributed by atoms with Crippen LogP contribution in [0.5, 0.6) is 11.5 Å². The zero-order chi connectivity index (χ0) is 14.3. The lowest BCUT2D eigenvalue weighted by Gasteiger charge is -2.16. The van der Waals surface area contributed by atoms with Crippen molar-refractivity contribution in [1.82, 2.24) is 0 Å². The molecule has 0 saturated carbocycles. The highest BCUT2D eigenvalue weighted by molar-refractivity contribution is 7.99. The minimum atomic E-state index is 0. The minimum Gasteiger partial charge on any atom is -0.496 e. The van der Waals surface area contributed by atoms with Crippen LogP contribution in [-0.4, -0.2) is 26.0 Å². The molecule has 1 unspecified atom stereocenters. The molecule has 0 spiro atoms. The molecule has 20 heavy (non-hydrogen) atoms. The van der Waals surface area contributed by atoms with Crippen molar-refractivity contribution in [2.45, 2.75) is 44.0 Å². The number of benzene rings is 1. The topological polar surface area (TPSA) is 44.5 Å². The number of hydrogen-bond acceptors (Lipinski definition) is 4. The Morgan fingerprint density at radius 2 is 1.80 bits per heavy atom. The number of hydrogen-bond donors (Lipinski definition) is 1. The van der Waals surface area contributed by atoms with Gasteiger partial charge in [0.25, 0.3) is 0 Å². The third kappa shape index (κ3) is 5.43. The minimum absolute atomic E-state index is 0. The largest absolute Gasteiger partial charge is 0.496 e. The van der Waals surface area contributed by atoms with Crippen molar-refractivity contribution < 1.29 is 9.47 Å². The summed E-state index contributed by atoms with van der Waals surface area (Å²) in [6, 6.07) is 4.29. The third-order valence-corrected chi connectivity index (χ3v) is 4.28. The highest BCUT2D eigenvalue weighted by Gasteiger charge is 2.13. The van der Waals surface area contributed by atoms with Crippen LogP contribution in [-0.2, 0) is 6.42 Å². The fourth-order valence-electron chi connectivity index (χ4n) is 1.84. The Balaban J connectivity index is 0.00000361. The van der Waals surface area contributed by atoms with Crippen LogP contribution in [0.3, 0.4) is 0 Å². The number of rotatable bonds is 8. The summed E-state index contributed by atoms with van der Waals surface area (Å²) in [4.78, 5) is 1.13. The third-order valence-electron chi connectivity index (χ3n) is 3.03. The van der Waals surface area contributed by atoms with Crippen LogP contribution in [0.1, 0.15) is 32.3 Å². The van der Waals surface area contributed by atoms with Crippen LogP contribution < -0.4 is 15.2 Å². The molecule has 5 heteroatoms. The van der Waals surface area contributed by atoms with Gasteiger partial charge >= 0.3 is 0 Å². The first-order valence-electron chi connectivity index (χ1n) is 6.79. The highest BCUT2D eigenvalue weighted by atomic mass is 35.5. The van der Waals surface area contributed by atoms with Crippen molar-refractivity contribution in [2.75, 3.05) is 20.0 Å². The molecule has 0 fully saturated rings. The number of ether oxygens (including phenoxy) is 2. The molecule has 2 N–H and O–H groups in total. The molecule has 3 nitrogen and oxygen atoms in total. The summed E-state index contributed by atoms with van der Waals surface area (Å²) in [5.41, 5.74) is 7.16. The molecule has 116 valence electrons. The van der Waals surface area contributed by atoms with Crippen LogP contribution in [0, 0.1) is 0 Å². The molecular formula is C15H26ClNO2S. The summed E-state index contributed by atoms with van der Waals surface area (Å²) in [6.07, 6.45) is 2.91. The molecule has 0 heterocycles. The molecule has 0 amide bonds. The van der Waals surface area contributed by atoms with E-state index in [4.69, 9.17) is 15.2 Å². The van der Waals surface area contributed by atoms with Gasteiger partial charge in [-0.05, 0) is 42.7 Å². The number of halogens is 1. The van der Waals surface area contributed by atoms with Gasteiger partial charge in [-0.2, -0.15) is 0 Å². The maximum atomic E-state index is 6.04. The van der Waals surface area contributed by atoms with Crippen molar-refractivity contribution in [3.05, 3.63) is 17.7 Å². The molecule has 1 aromatic rings. The summed E-state index contributed by atoms with van der Waals surface area (Å²) in [6.45, 7) is 4.27. The predicted molar refractivity (Wildman–Crippen MR) is 89.8 cm³/mol. The molecule has 0 aliphatic heterocycles. The summed E-state index contributed by atoms with van der Waals surface area (Å²) in [5, 5.41) is 0. The van der Waals surface area contributed by atoms with Gasteiger partial charge < -0.3 is 15.2 Å². The fourth-order valence-corrected chi connectivity index (χ4v) is 2.74. The Hall–Kier alpha value is -0.580. The van der Waals surface area contributed by atoms with Crippen LogP contribution in [0.15, 0.2) is 17.0 Å². The number of thioether (sulfide) groups is 1. The maximum Gasteiger partial charge on any atom is 0.132 e. The molecule has 1 rings (SSSR count). The SMILES string of the molecule is CCCSc1cc(OC)c(CC(N)CC)cc1OC.Cl. The Bertz CT molecular complexity index is 402. The molecule has 1 atom stereocenters. The lowest BCUT2D eigenvalue weighted by molar-refractivity contribution is 0.389. The highest BCUT2D eigenvalue weighted by Crippen LogP contribution is 2.36. The van der Waals surface area contributed by atoms with Gasteiger partial charge in [-0.1, -0.05) is 13.8 Å². The second-order valence-corrected chi connectivity index (χ2v) is 5.67. The summed E-state index contributed by atoms with van der Waals surface area (Å²) < 4.78 is 11.0. The van der Waals surface area contributed by atoms with Gasteiger partial charge in [-0.25, -0.2) is 0 Å². The first kappa shape index (κ1) is 19.4. The van der Waals surface area contributed by atoms with E-state index < -0.39 is 0 Å². The normalized spacial score (nSPS) is 11.7. The number of methoxy groups -OCH3 is 2. The molecule has 1 aromatic carbocycles. The standard InChI is InChI=1S/C15H25NO2S.ClH/c1-5-7-19-15-10-13(17-3)11(8-12(16)6-2)9-14(15)18-4;/h9-10,12H,5-8,16H2,1-4H3;1H. The Morgan fingerprint density at radius 3 is 2.30 bits per heavy atom. The average Bonchev–Trinajstić information content (AvgIpc) is 2.44. The molecule has 0 saturated heterocycles. The van der Waals surface area contributed by atoms with E-state index in [1.54, 1.807) is 26.0 Å². The van der Waals surface area contributed by atoms with E-state index in [0.29, 0.717) is 0 Å². The van der Waals surface area contributed by atoms with Crippen LogP contribution in [0.25, 0.3) is 0 Å². The van der Waals surface area contributed by atoms with E-state index >= 15 is 0 Å². The average molecular weight is 320 g/mol. The van der Waals surface area contributed by atoms with Crippen molar-refractivity contribution in [3.63, 3.8) is 0 Å². The Morgan fingerprint density at radius 1 is 1.15 bits per heavy atom. The van der Waals surface area contributed by atoms with E-state index in [0.717, 1.165) is 47.0 Å². The van der Waals surface area contributed by atoms with Gasteiger partial charge in [0.15, 0.2) is 0 Å². The second kappa shape index (κ2) is 10.2.